The van der Waals surface area contributed by atoms with Crippen LogP contribution in [0.25, 0.3) is 0 Å². The molecule has 1 saturated carbocycles. The van der Waals surface area contributed by atoms with Gasteiger partial charge in [-0.25, -0.2) is 0 Å². The lowest BCUT2D eigenvalue weighted by molar-refractivity contribution is 0.345. The fourth-order valence-corrected chi connectivity index (χ4v) is 2.69. The Morgan fingerprint density at radius 2 is 2.00 bits per heavy atom. The van der Waals surface area contributed by atoms with Gasteiger partial charge in [-0.2, -0.15) is 0 Å². The summed E-state index contributed by atoms with van der Waals surface area (Å²) in [7, 11) is 0. The van der Waals surface area contributed by atoms with Gasteiger partial charge in [0.1, 0.15) is 5.75 Å². The average molecular weight is 254 g/mol. The highest BCUT2D eigenvalue weighted by atomic mass is 35.5. The zero-order valence-corrected chi connectivity index (χ0v) is 10.8. The van der Waals surface area contributed by atoms with E-state index in [4.69, 9.17) is 11.6 Å². The predicted molar refractivity (Wildman–Crippen MR) is 72.8 cm³/mol. The summed E-state index contributed by atoms with van der Waals surface area (Å²) in [6.45, 7) is 0.992. The number of phenols is 1. The predicted octanol–water partition coefficient (Wildman–Crippen LogP) is 4.43. The molecule has 0 amide bonds. The van der Waals surface area contributed by atoms with Gasteiger partial charge in [-0.3, -0.25) is 0 Å². The van der Waals surface area contributed by atoms with Crippen LogP contribution in [0.1, 0.15) is 38.5 Å². The maximum atomic E-state index is 9.31. The van der Waals surface area contributed by atoms with Crippen molar-refractivity contribution in [2.75, 3.05) is 11.9 Å². The number of hydrogen-bond acceptors (Lipinski definition) is 2. The molecule has 0 heterocycles. The molecule has 1 aromatic rings. The minimum atomic E-state index is 0.143. The normalized spacial score (nSPS) is 17.0. The zero-order valence-electron chi connectivity index (χ0n) is 10.1. The van der Waals surface area contributed by atoms with E-state index in [9.17, 15) is 5.11 Å². The maximum absolute atomic E-state index is 9.31. The van der Waals surface area contributed by atoms with Crippen LogP contribution in [0.5, 0.6) is 5.75 Å². The van der Waals surface area contributed by atoms with Crippen molar-refractivity contribution in [3.63, 3.8) is 0 Å². The highest BCUT2D eigenvalue weighted by molar-refractivity contribution is 6.32. The van der Waals surface area contributed by atoms with Crippen LogP contribution in [0.15, 0.2) is 18.2 Å². The van der Waals surface area contributed by atoms with Crippen LogP contribution in [0.4, 0.5) is 5.69 Å². The Balaban J connectivity index is 1.75. The quantitative estimate of drug-likeness (QED) is 0.778. The maximum Gasteiger partial charge on any atom is 0.134 e. The van der Waals surface area contributed by atoms with Crippen molar-refractivity contribution in [3.8, 4) is 5.75 Å². The van der Waals surface area contributed by atoms with Crippen molar-refractivity contribution >= 4 is 17.3 Å². The van der Waals surface area contributed by atoms with Crippen LogP contribution >= 0.6 is 11.6 Å². The average Bonchev–Trinajstić information content (AvgIpc) is 2.35. The number of hydrogen-bond donors (Lipinski definition) is 2. The SMILES string of the molecule is Oc1ccc(NCCC2CCCCC2)cc1Cl. The van der Waals surface area contributed by atoms with Crippen molar-refractivity contribution in [2.24, 2.45) is 5.92 Å². The largest absolute Gasteiger partial charge is 0.506 e. The summed E-state index contributed by atoms with van der Waals surface area (Å²) in [5.41, 5.74) is 0.989. The number of benzene rings is 1. The molecule has 0 aliphatic heterocycles. The molecule has 0 atom stereocenters. The van der Waals surface area contributed by atoms with Crippen molar-refractivity contribution in [3.05, 3.63) is 23.2 Å². The van der Waals surface area contributed by atoms with Gasteiger partial charge in [0, 0.05) is 12.2 Å². The standard InChI is InChI=1S/C14H20ClNO/c15-13-10-12(6-7-14(13)17)16-9-8-11-4-2-1-3-5-11/h6-7,10-11,16-17H,1-5,8-9H2. The molecule has 2 rings (SSSR count). The smallest absolute Gasteiger partial charge is 0.134 e. The van der Waals surface area contributed by atoms with Crippen LogP contribution in [-0.4, -0.2) is 11.7 Å². The number of rotatable bonds is 4. The molecule has 0 bridgehead atoms. The summed E-state index contributed by atoms with van der Waals surface area (Å²) in [6.07, 6.45) is 8.22. The Morgan fingerprint density at radius 1 is 1.24 bits per heavy atom. The first-order valence-corrected chi connectivity index (χ1v) is 6.86. The van der Waals surface area contributed by atoms with Gasteiger partial charge in [-0.05, 0) is 30.5 Å². The molecule has 2 nitrogen and oxygen atoms in total. The van der Waals surface area contributed by atoms with E-state index in [-0.39, 0.29) is 5.75 Å². The highest BCUT2D eigenvalue weighted by Crippen LogP contribution is 2.28. The Labute approximate surface area is 108 Å². The number of phenolic OH excluding ortho intramolecular Hbond substituents is 1. The first kappa shape index (κ1) is 12.6. The van der Waals surface area contributed by atoms with Gasteiger partial charge in [0.25, 0.3) is 0 Å². The second kappa shape index (κ2) is 6.15. The summed E-state index contributed by atoms with van der Waals surface area (Å²) < 4.78 is 0. The fraction of sp³-hybridized carbons (Fsp3) is 0.571. The first-order valence-electron chi connectivity index (χ1n) is 6.48. The molecule has 17 heavy (non-hydrogen) atoms. The monoisotopic (exact) mass is 253 g/mol. The third kappa shape index (κ3) is 3.81. The van der Waals surface area contributed by atoms with Crippen LogP contribution in [-0.2, 0) is 0 Å². The Kier molecular flexibility index (Phi) is 4.55. The molecule has 0 aromatic heterocycles. The van der Waals surface area contributed by atoms with Gasteiger partial charge < -0.3 is 10.4 Å². The third-order valence-electron chi connectivity index (χ3n) is 3.55. The minimum Gasteiger partial charge on any atom is -0.506 e. The zero-order chi connectivity index (χ0) is 12.1. The molecule has 3 heteroatoms. The van der Waals surface area contributed by atoms with Gasteiger partial charge in [-0.1, -0.05) is 43.7 Å². The molecule has 1 aliphatic rings. The van der Waals surface area contributed by atoms with Gasteiger partial charge in [-0.15, -0.1) is 0 Å². The summed E-state index contributed by atoms with van der Waals surface area (Å²) in [5.74, 6) is 1.04. The number of halogens is 1. The van der Waals surface area contributed by atoms with Gasteiger partial charge in [0.15, 0.2) is 0 Å². The van der Waals surface area contributed by atoms with Crippen molar-refractivity contribution in [1.29, 1.82) is 0 Å². The van der Waals surface area contributed by atoms with E-state index < -0.39 is 0 Å². The van der Waals surface area contributed by atoms with E-state index in [0.29, 0.717) is 5.02 Å². The summed E-state index contributed by atoms with van der Waals surface area (Å²) in [5, 5.41) is 13.1. The van der Waals surface area contributed by atoms with Crippen LogP contribution in [0.3, 0.4) is 0 Å². The van der Waals surface area contributed by atoms with E-state index in [1.807, 2.05) is 6.07 Å². The van der Waals surface area contributed by atoms with Crippen LogP contribution < -0.4 is 5.32 Å². The lowest BCUT2D eigenvalue weighted by Gasteiger charge is -2.21. The molecular formula is C14H20ClNO. The van der Waals surface area contributed by atoms with E-state index in [0.717, 1.165) is 18.2 Å². The molecule has 0 unspecified atom stereocenters. The minimum absolute atomic E-state index is 0.143. The van der Waals surface area contributed by atoms with Crippen LogP contribution in [0.2, 0.25) is 5.02 Å². The molecule has 2 N–H and O–H groups in total. The third-order valence-corrected chi connectivity index (χ3v) is 3.86. The van der Waals surface area contributed by atoms with Crippen LogP contribution in [0, 0.1) is 5.92 Å². The fourth-order valence-electron chi connectivity index (χ4n) is 2.51. The van der Waals surface area contributed by atoms with E-state index >= 15 is 0 Å². The molecule has 0 saturated heterocycles. The molecule has 94 valence electrons. The number of anilines is 1. The van der Waals surface area contributed by atoms with Gasteiger partial charge in [0.2, 0.25) is 0 Å². The molecule has 0 radical (unpaired) electrons. The van der Waals surface area contributed by atoms with E-state index in [1.54, 1.807) is 12.1 Å². The Morgan fingerprint density at radius 3 is 2.71 bits per heavy atom. The summed E-state index contributed by atoms with van der Waals surface area (Å²) in [6, 6.07) is 5.27. The molecule has 1 aromatic carbocycles. The topological polar surface area (TPSA) is 32.3 Å². The van der Waals surface area contributed by atoms with Crippen molar-refractivity contribution in [1.82, 2.24) is 0 Å². The molecule has 0 spiro atoms. The van der Waals surface area contributed by atoms with E-state index in [2.05, 4.69) is 5.32 Å². The highest BCUT2D eigenvalue weighted by Gasteiger charge is 2.12. The second-order valence-electron chi connectivity index (χ2n) is 4.89. The Hall–Kier alpha value is -0.890. The lowest BCUT2D eigenvalue weighted by Crippen LogP contribution is -2.12. The number of aromatic hydroxyl groups is 1. The summed E-state index contributed by atoms with van der Waals surface area (Å²) in [4.78, 5) is 0. The van der Waals surface area contributed by atoms with Crippen molar-refractivity contribution < 1.29 is 5.11 Å². The van der Waals surface area contributed by atoms with Gasteiger partial charge in [0.05, 0.1) is 5.02 Å². The van der Waals surface area contributed by atoms with Gasteiger partial charge >= 0.3 is 0 Å². The molecule has 1 aliphatic carbocycles. The lowest BCUT2D eigenvalue weighted by atomic mass is 9.87. The van der Waals surface area contributed by atoms with Crippen molar-refractivity contribution in [2.45, 2.75) is 38.5 Å². The molecular weight excluding hydrogens is 234 g/mol. The second-order valence-corrected chi connectivity index (χ2v) is 5.29. The Bertz CT molecular complexity index is 361. The van der Waals surface area contributed by atoms with E-state index in [1.165, 1.54) is 38.5 Å². The number of nitrogens with one attached hydrogen (secondary N) is 1. The molecule has 1 fully saturated rings. The summed E-state index contributed by atoms with van der Waals surface area (Å²) >= 11 is 5.85. The first-order chi connectivity index (χ1) is 8.25.